The number of rotatable bonds is 4. The topological polar surface area (TPSA) is 24.9 Å². The summed E-state index contributed by atoms with van der Waals surface area (Å²) in [5.41, 5.74) is 2.23. The number of nitrogens with one attached hydrogen (secondary N) is 1. The minimum atomic E-state index is -0.202. The molecular weight excluding hydrogens is 422 g/mol. The molecular formula is C14H13BrFIN2. The lowest BCUT2D eigenvalue weighted by Crippen LogP contribution is -2.20. The second-order valence-electron chi connectivity index (χ2n) is 4.22. The van der Waals surface area contributed by atoms with E-state index in [1.807, 2.05) is 25.4 Å². The normalized spacial score (nSPS) is 12.4. The van der Waals surface area contributed by atoms with Gasteiger partial charge in [-0.3, -0.25) is 4.98 Å². The molecule has 0 amide bonds. The number of hydrogen-bond acceptors (Lipinski definition) is 2. The summed E-state index contributed by atoms with van der Waals surface area (Å²) in [5, 5.41) is 3.28. The SMILES string of the molecule is CNC(Cc1cncc(Br)c1)c1ccc(F)cc1I. The second-order valence-corrected chi connectivity index (χ2v) is 6.30. The zero-order chi connectivity index (χ0) is 13.8. The Hall–Kier alpha value is -0.530. The van der Waals surface area contributed by atoms with Gasteiger partial charge >= 0.3 is 0 Å². The van der Waals surface area contributed by atoms with E-state index < -0.39 is 0 Å². The van der Waals surface area contributed by atoms with E-state index in [-0.39, 0.29) is 11.9 Å². The van der Waals surface area contributed by atoms with Crippen molar-refractivity contribution in [2.45, 2.75) is 12.5 Å². The molecule has 0 saturated carbocycles. The molecule has 0 aliphatic heterocycles. The van der Waals surface area contributed by atoms with Crippen molar-refractivity contribution >= 4 is 38.5 Å². The summed E-state index contributed by atoms with van der Waals surface area (Å²) in [6, 6.07) is 7.08. The molecule has 2 aromatic rings. The van der Waals surface area contributed by atoms with Crippen molar-refractivity contribution in [3.8, 4) is 0 Å². The molecule has 1 aromatic carbocycles. The van der Waals surface area contributed by atoms with E-state index in [1.165, 1.54) is 6.07 Å². The van der Waals surface area contributed by atoms with Gasteiger partial charge in [-0.25, -0.2) is 4.39 Å². The number of aromatic nitrogens is 1. The molecule has 1 heterocycles. The van der Waals surface area contributed by atoms with Crippen LogP contribution in [0.5, 0.6) is 0 Å². The monoisotopic (exact) mass is 434 g/mol. The molecule has 1 aromatic heterocycles. The van der Waals surface area contributed by atoms with Gasteiger partial charge in [0.2, 0.25) is 0 Å². The van der Waals surface area contributed by atoms with Gasteiger partial charge in [0.15, 0.2) is 0 Å². The highest BCUT2D eigenvalue weighted by Crippen LogP contribution is 2.24. The Kier molecular flexibility index (Phi) is 5.29. The largest absolute Gasteiger partial charge is 0.313 e. The molecule has 0 fully saturated rings. The van der Waals surface area contributed by atoms with Gasteiger partial charge < -0.3 is 5.32 Å². The van der Waals surface area contributed by atoms with E-state index in [1.54, 1.807) is 12.3 Å². The maximum Gasteiger partial charge on any atom is 0.124 e. The summed E-state index contributed by atoms with van der Waals surface area (Å²) in [6.07, 6.45) is 4.43. The molecule has 0 spiro atoms. The number of hydrogen-bond donors (Lipinski definition) is 1. The molecule has 5 heteroatoms. The zero-order valence-corrected chi connectivity index (χ0v) is 14.1. The molecule has 0 saturated heterocycles. The first-order valence-corrected chi connectivity index (χ1v) is 7.69. The third kappa shape index (κ3) is 3.97. The minimum absolute atomic E-state index is 0.142. The van der Waals surface area contributed by atoms with Crippen LogP contribution in [0, 0.1) is 9.39 Å². The Balaban J connectivity index is 2.25. The maximum atomic E-state index is 13.2. The van der Waals surface area contributed by atoms with E-state index in [0.717, 1.165) is 25.6 Å². The molecule has 2 rings (SSSR count). The third-order valence-electron chi connectivity index (χ3n) is 2.89. The predicted octanol–water partition coefficient (Wildman–Crippen LogP) is 4.09. The number of pyridine rings is 1. The van der Waals surface area contributed by atoms with Crippen molar-refractivity contribution in [2.24, 2.45) is 0 Å². The van der Waals surface area contributed by atoms with E-state index in [9.17, 15) is 4.39 Å². The summed E-state index contributed by atoms with van der Waals surface area (Å²) in [4.78, 5) is 4.17. The molecule has 100 valence electrons. The Labute approximate surface area is 134 Å². The second kappa shape index (κ2) is 6.76. The molecule has 1 N–H and O–H groups in total. The van der Waals surface area contributed by atoms with Crippen molar-refractivity contribution in [2.75, 3.05) is 7.05 Å². The van der Waals surface area contributed by atoms with Gasteiger partial charge in [0, 0.05) is 26.5 Å². The Morgan fingerprint density at radius 1 is 1.37 bits per heavy atom. The Morgan fingerprint density at radius 2 is 2.16 bits per heavy atom. The fraction of sp³-hybridized carbons (Fsp3) is 0.214. The maximum absolute atomic E-state index is 13.2. The highest BCUT2D eigenvalue weighted by atomic mass is 127. The van der Waals surface area contributed by atoms with Crippen LogP contribution in [0.15, 0.2) is 41.1 Å². The summed E-state index contributed by atoms with van der Waals surface area (Å²) >= 11 is 5.59. The van der Waals surface area contributed by atoms with Gasteiger partial charge in [-0.15, -0.1) is 0 Å². The van der Waals surface area contributed by atoms with Crippen molar-refractivity contribution < 1.29 is 4.39 Å². The average Bonchev–Trinajstić information content (AvgIpc) is 2.37. The zero-order valence-electron chi connectivity index (χ0n) is 10.3. The van der Waals surface area contributed by atoms with Crippen LogP contribution < -0.4 is 5.32 Å². The minimum Gasteiger partial charge on any atom is -0.313 e. The van der Waals surface area contributed by atoms with Crippen LogP contribution in [0.1, 0.15) is 17.2 Å². The summed E-state index contributed by atoms with van der Waals surface area (Å²) in [7, 11) is 1.91. The number of likely N-dealkylation sites (N-methyl/N-ethyl adjacent to an activating group) is 1. The average molecular weight is 435 g/mol. The van der Waals surface area contributed by atoms with Crippen LogP contribution >= 0.6 is 38.5 Å². The van der Waals surface area contributed by atoms with Crippen LogP contribution in [0.4, 0.5) is 4.39 Å². The Morgan fingerprint density at radius 3 is 2.79 bits per heavy atom. The number of benzene rings is 1. The van der Waals surface area contributed by atoms with Gasteiger partial charge in [0.05, 0.1) is 0 Å². The highest BCUT2D eigenvalue weighted by molar-refractivity contribution is 14.1. The first-order valence-electron chi connectivity index (χ1n) is 5.82. The van der Waals surface area contributed by atoms with Crippen LogP contribution in [0.3, 0.4) is 0 Å². The van der Waals surface area contributed by atoms with Gasteiger partial charge in [-0.05, 0) is 81.3 Å². The molecule has 0 aliphatic rings. The number of halogens is 3. The summed E-state index contributed by atoms with van der Waals surface area (Å²) < 4.78 is 15.1. The van der Waals surface area contributed by atoms with Crippen LogP contribution in [-0.2, 0) is 6.42 Å². The lowest BCUT2D eigenvalue weighted by atomic mass is 10.00. The van der Waals surface area contributed by atoms with Crippen LogP contribution in [0.25, 0.3) is 0 Å². The molecule has 1 unspecified atom stereocenters. The van der Waals surface area contributed by atoms with Gasteiger partial charge in [0.1, 0.15) is 5.82 Å². The number of nitrogens with zero attached hydrogens (tertiary/aromatic N) is 1. The van der Waals surface area contributed by atoms with Crippen LogP contribution in [-0.4, -0.2) is 12.0 Å². The summed E-state index contributed by atoms with van der Waals surface area (Å²) in [6.45, 7) is 0. The Bertz CT molecular complexity index is 577. The summed E-state index contributed by atoms with van der Waals surface area (Å²) in [5.74, 6) is -0.202. The molecule has 0 bridgehead atoms. The van der Waals surface area contributed by atoms with Crippen molar-refractivity contribution in [3.05, 3.63) is 61.6 Å². The molecule has 1 atom stereocenters. The standard InChI is InChI=1S/C14H13BrFIN2/c1-18-14(5-9-4-10(15)8-19-7-9)12-3-2-11(16)6-13(12)17/h2-4,6-8,14,18H,5H2,1H3. The van der Waals surface area contributed by atoms with E-state index in [2.05, 4.69) is 48.8 Å². The van der Waals surface area contributed by atoms with Crippen molar-refractivity contribution in [1.82, 2.24) is 10.3 Å². The first-order chi connectivity index (χ1) is 9.10. The molecule has 19 heavy (non-hydrogen) atoms. The lowest BCUT2D eigenvalue weighted by Gasteiger charge is -2.18. The molecule has 0 aliphatic carbocycles. The molecule has 2 nitrogen and oxygen atoms in total. The van der Waals surface area contributed by atoms with Gasteiger partial charge in [0.25, 0.3) is 0 Å². The van der Waals surface area contributed by atoms with Crippen LogP contribution in [0.2, 0.25) is 0 Å². The smallest absolute Gasteiger partial charge is 0.124 e. The third-order valence-corrected chi connectivity index (χ3v) is 4.26. The molecule has 0 radical (unpaired) electrons. The first kappa shape index (κ1) is 14.9. The fourth-order valence-electron chi connectivity index (χ4n) is 1.95. The lowest BCUT2D eigenvalue weighted by molar-refractivity contribution is 0.581. The quantitative estimate of drug-likeness (QED) is 0.733. The predicted molar refractivity (Wildman–Crippen MR) is 86.6 cm³/mol. The van der Waals surface area contributed by atoms with E-state index >= 15 is 0 Å². The fourth-order valence-corrected chi connectivity index (χ4v) is 3.22. The van der Waals surface area contributed by atoms with Gasteiger partial charge in [-0.1, -0.05) is 6.07 Å². The van der Waals surface area contributed by atoms with Gasteiger partial charge in [-0.2, -0.15) is 0 Å². The van der Waals surface area contributed by atoms with E-state index in [4.69, 9.17) is 0 Å². The highest BCUT2D eigenvalue weighted by Gasteiger charge is 2.14. The van der Waals surface area contributed by atoms with Crippen molar-refractivity contribution in [3.63, 3.8) is 0 Å². The van der Waals surface area contributed by atoms with Crippen molar-refractivity contribution in [1.29, 1.82) is 0 Å². The van der Waals surface area contributed by atoms with E-state index in [0.29, 0.717) is 0 Å².